The summed E-state index contributed by atoms with van der Waals surface area (Å²) in [5, 5.41) is 3.00. The molecule has 4 aliphatic carbocycles. The summed E-state index contributed by atoms with van der Waals surface area (Å²) in [6.45, 7) is 5.13. The Bertz CT molecular complexity index is 455. The molecule has 0 saturated heterocycles. The van der Waals surface area contributed by atoms with Crippen molar-refractivity contribution in [3.63, 3.8) is 0 Å². The molecule has 2 atom stereocenters. The van der Waals surface area contributed by atoms with Gasteiger partial charge in [0, 0.05) is 6.54 Å². The zero-order chi connectivity index (χ0) is 15.3. The number of ether oxygens (including phenoxy) is 1. The normalized spacial score (nSPS) is 43.7. The van der Waals surface area contributed by atoms with Gasteiger partial charge in [-0.2, -0.15) is 0 Å². The third-order valence-corrected chi connectivity index (χ3v) is 5.95. The van der Waals surface area contributed by atoms with Gasteiger partial charge in [-0.15, -0.1) is 0 Å². The van der Waals surface area contributed by atoms with E-state index in [1.54, 1.807) is 0 Å². The lowest BCUT2D eigenvalue weighted by atomic mass is 9.40. The Kier molecular flexibility index (Phi) is 3.34. The van der Waals surface area contributed by atoms with Gasteiger partial charge in [0.2, 0.25) is 5.91 Å². The first-order valence-electron chi connectivity index (χ1n) is 8.13. The summed E-state index contributed by atoms with van der Waals surface area (Å²) in [6, 6.07) is 0. The monoisotopic (exact) mass is 293 g/mol. The second-order valence-corrected chi connectivity index (χ2v) is 8.49. The number of nitrogens with one attached hydrogen (secondary N) is 1. The maximum atomic E-state index is 12.8. The molecule has 2 unspecified atom stereocenters. The van der Waals surface area contributed by atoms with E-state index in [1.165, 1.54) is 26.4 Å². The number of carbonyl (C=O) groups is 2. The average molecular weight is 293 g/mol. The Morgan fingerprint density at radius 3 is 2.24 bits per heavy atom. The van der Waals surface area contributed by atoms with Gasteiger partial charge in [0.15, 0.2) is 0 Å². The van der Waals surface area contributed by atoms with Gasteiger partial charge in [0.05, 0.1) is 18.9 Å². The first-order valence-corrected chi connectivity index (χ1v) is 8.13. The van der Waals surface area contributed by atoms with Crippen LogP contribution in [0.25, 0.3) is 0 Å². The summed E-state index contributed by atoms with van der Waals surface area (Å²) in [6.07, 6.45) is 7.21. The number of carbonyl (C=O) groups excluding carboxylic acids is 2. The van der Waals surface area contributed by atoms with Crippen molar-refractivity contribution in [3.05, 3.63) is 0 Å². The predicted molar refractivity (Wildman–Crippen MR) is 79.5 cm³/mol. The van der Waals surface area contributed by atoms with E-state index in [2.05, 4.69) is 23.9 Å². The topological polar surface area (TPSA) is 55.4 Å². The smallest absolute Gasteiger partial charge is 0.307 e. The van der Waals surface area contributed by atoms with Gasteiger partial charge in [0.25, 0.3) is 0 Å². The molecule has 0 spiro atoms. The molecular formula is C17H27NO3. The lowest BCUT2D eigenvalue weighted by Crippen LogP contribution is -2.60. The molecule has 4 fully saturated rings. The molecule has 1 amide bonds. The van der Waals surface area contributed by atoms with E-state index in [-0.39, 0.29) is 23.7 Å². The first-order chi connectivity index (χ1) is 9.78. The molecule has 4 heteroatoms. The molecule has 0 aromatic carbocycles. The molecular weight excluding hydrogens is 266 g/mol. The summed E-state index contributed by atoms with van der Waals surface area (Å²) >= 11 is 0. The van der Waals surface area contributed by atoms with Gasteiger partial charge in [0.1, 0.15) is 0 Å². The molecule has 118 valence electrons. The largest absolute Gasteiger partial charge is 0.469 e. The molecule has 0 heterocycles. The van der Waals surface area contributed by atoms with E-state index in [0.29, 0.717) is 23.3 Å². The van der Waals surface area contributed by atoms with E-state index in [1.807, 2.05) is 0 Å². The third kappa shape index (κ3) is 2.58. The van der Waals surface area contributed by atoms with E-state index >= 15 is 0 Å². The van der Waals surface area contributed by atoms with Crippen molar-refractivity contribution >= 4 is 11.9 Å². The summed E-state index contributed by atoms with van der Waals surface area (Å²) in [7, 11) is 1.38. The fourth-order valence-corrected chi connectivity index (χ4v) is 6.27. The molecule has 4 rings (SSSR count). The summed E-state index contributed by atoms with van der Waals surface area (Å²) in [5.41, 5.74) is 0.501. The van der Waals surface area contributed by atoms with Crippen molar-refractivity contribution in [1.29, 1.82) is 0 Å². The number of hydrogen-bond donors (Lipinski definition) is 1. The van der Waals surface area contributed by atoms with Crippen LogP contribution < -0.4 is 5.32 Å². The Morgan fingerprint density at radius 2 is 1.71 bits per heavy atom. The highest BCUT2D eigenvalue weighted by Crippen LogP contribution is 2.69. The third-order valence-electron chi connectivity index (χ3n) is 5.95. The minimum Gasteiger partial charge on any atom is -0.469 e. The highest BCUT2D eigenvalue weighted by atomic mass is 16.5. The van der Waals surface area contributed by atoms with Gasteiger partial charge < -0.3 is 10.1 Å². The SMILES string of the molecule is COC(=O)CCNC(=O)C12CC3CC(C)(CC(C)(C3)C1)C2. The van der Waals surface area contributed by atoms with Gasteiger partial charge >= 0.3 is 5.97 Å². The van der Waals surface area contributed by atoms with Gasteiger partial charge in [-0.25, -0.2) is 0 Å². The summed E-state index contributed by atoms with van der Waals surface area (Å²) in [5.74, 6) is 0.621. The van der Waals surface area contributed by atoms with Crippen molar-refractivity contribution in [2.24, 2.45) is 22.2 Å². The molecule has 0 aliphatic heterocycles. The van der Waals surface area contributed by atoms with E-state index in [9.17, 15) is 9.59 Å². The van der Waals surface area contributed by atoms with Crippen LogP contribution in [0.2, 0.25) is 0 Å². The average Bonchev–Trinajstić information content (AvgIpc) is 2.33. The van der Waals surface area contributed by atoms with E-state index < -0.39 is 0 Å². The standard InChI is InChI=1S/C17H27NO3/c1-15-6-12-7-16(2,9-15)11-17(8-12,10-15)14(20)18-5-4-13(19)21-3/h12H,4-11H2,1-3H3,(H,18,20). The zero-order valence-corrected chi connectivity index (χ0v) is 13.5. The van der Waals surface area contributed by atoms with Crippen LogP contribution in [-0.2, 0) is 14.3 Å². The quantitative estimate of drug-likeness (QED) is 0.811. The summed E-state index contributed by atoms with van der Waals surface area (Å²) in [4.78, 5) is 24.0. The molecule has 4 bridgehead atoms. The van der Waals surface area contributed by atoms with Gasteiger partial charge in [-0.05, 0) is 55.3 Å². The minimum atomic E-state index is -0.264. The fraction of sp³-hybridized carbons (Fsp3) is 0.882. The number of esters is 1. The molecule has 4 aliphatic rings. The molecule has 4 nitrogen and oxygen atoms in total. The van der Waals surface area contributed by atoms with Crippen LogP contribution in [0, 0.1) is 22.2 Å². The summed E-state index contributed by atoms with van der Waals surface area (Å²) < 4.78 is 4.62. The number of methoxy groups -OCH3 is 1. The lowest BCUT2D eigenvalue weighted by Gasteiger charge is -2.64. The Balaban J connectivity index is 1.69. The van der Waals surface area contributed by atoms with Crippen molar-refractivity contribution in [2.45, 2.75) is 58.8 Å². The predicted octanol–water partition coefficient (Wildman–Crippen LogP) is 2.66. The second-order valence-electron chi connectivity index (χ2n) is 8.49. The van der Waals surface area contributed by atoms with Gasteiger partial charge in [-0.3, -0.25) is 9.59 Å². The van der Waals surface area contributed by atoms with Crippen LogP contribution in [0.4, 0.5) is 0 Å². The number of hydrogen-bond acceptors (Lipinski definition) is 3. The Labute approximate surface area is 127 Å². The Hall–Kier alpha value is -1.06. The van der Waals surface area contributed by atoms with E-state index in [4.69, 9.17) is 0 Å². The highest BCUT2D eigenvalue weighted by Gasteiger charge is 2.62. The van der Waals surface area contributed by atoms with Crippen molar-refractivity contribution in [1.82, 2.24) is 5.32 Å². The molecule has 4 saturated carbocycles. The second kappa shape index (κ2) is 4.72. The molecule has 0 aromatic rings. The van der Waals surface area contributed by atoms with E-state index in [0.717, 1.165) is 19.3 Å². The molecule has 21 heavy (non-hydrogen) atoms. The van der Waals surface area contributed by atoms with Crippen LogP contribution in [0.3, 0.4) is 0 Å². The lowest BCUT2D eigenvalue weighted by molar-refractivity contribution is -0.170. The van der Waals surface area contributed by atoms with Crippen molar-refractivity contribution < 1.29 is 14.3 Å². The van der Waals surface area contributed by atoms with Crippen LogP contribution in [-0.4, -0.2) is 25.5 Å². The fourth-order valence-electron chi connectivity index (χ4n) is 6.27. The van der Waals surface area contributed by atoms with Crippen molar-refractivity contribution in [2.75, 3.05) is 13.7 Å². The van der Waals surface area contributed by atoms with Crippen LogP contribution in [0.15, 0.2) is 0 Å². The maximum Gasteiger partial charge on any atom is 0.307 e. The highest BCUT2D eigenvalue weighted by molar-refractivity contribution is 5.84. The molecule has 0 radical (unpaired) electrons. The molecule has 0 aromatic heterocycles. The van der Waals surface area contributed by atoms with Crippen LogP contribution in [0.5, 0.6) is 0 Å². The van der Waals surface area contributed by atoms with Gasteiger partial charge in [-0.1, -0.05) is 13.8 Å². The maximum absolute atomic E-state index is 12.8. The molecule has 1 N–H and O–H groups in total. The minimum absolute atomic E-state index is 0.174. The zero-order valence-electron chi connectivity index (χ0n) is 13.5. The van der Waals surface area contributed by atoms with Crippen LogP contribution >= 0.6 is 0 Å². The van der Waals surface area contributed by atoms with Crippen molar-refractivity contribution in [3.8, 4) is 0 Å². The first kappa shape index (κ1) is 14.9. The number of rotatable bonds is 4. The number of amides is 1. The Morgan fingerprint density at radius 1 is 1.10 bits per heavy atom. The van der Waals surface area contributed by atoms with Crippen LogP contribution in [0.1, 0.15) is 58.8 Å².